The van der Waals surface area contributed by atoms with Gasteiger partial charge in [0.05, 0.1) is 18.6 Å². The quantitative estimate of drug-likeness (QED) is 0.171. The van der Waals surface area contributed by atoms with Crippen LogP contribution in [-0.2, 0) is 28.5 Å². The van der Waals surface area contributed by atoms with E-state index in [1.54, 1.807) is 7.11 Å². The number of hydrogen-bond donors (Lipinski definition) is 1. The average molecular weight is 480 g/mol. The lowest BCUT2D eigenvalue weighted by Crippen LogP contribution is -2.55. The second-order valence-corrected chi connectivity index (χ2v) is 10.6. The highest BCUT2D eigenvalue weighted by Crippen LogP contribution is 2.59. The number of unbranched alkanes of at least 4 members (excludes halogenated alkanes) is 4. The van der Waals surface area contributed by atoms with E-state index in [2.05, 4.69) is 32.2 Å². The number of hydrogen-bond acceptors (Lipinski definition) is 6. The molecular weight excluding hydrogens is 434 g/mol. The number of methoxy groups -OCH3 is 1. The number of epoxide rings is 2. The van der Waals surface area contributed by atoms with Gasteiger partial charge < -0.3 is 24.3 Å². The van der Waals surface area contributed by atoms with Crippen LogP contribution in [-0.4, -0.2) is 61.7 Å². The molecule has 0 bridgehead atoms. The number of carbonyl (C=O) groups excluding carboxylic acids is 2. The van der Waals surface area contributed by atoms with Crippen LogP contribution in [0, 0.1) is 5.92 Å². The molecule has 0 aromatic heterocycles. The molecule has 194 valence electrons. The van der Waals surface area contributed by atoms with E-state index in [1.165, 1.54) is 5.57 Å². The molecule has 3 fully saturated rings. The van der Waals surface area contributed by atoms with Crippen molar-refractivity contribution in [1.29, 1.82) is 0 Å². The maximum Gasteiger partial charge on any atom is 0.306 e. The van der Waals surface area contributed by atoms with Crippen molar-refractivity contribution in [3.8, 4) is 0 Å². The molecule has 0 aromatic carbocycles. The van der Waals surface area contributed by atoms with Gasteiger partial charge >= 0.3 is 5.97 Å². The van der Waals surface area contributed by atoms with Crippen LogP contribution >= 0.6 is 0 Å². The molecule has 3 rings (SSSR count). The van der Waals surface area contributed by atoms with Gasteiger partial charge in [-0.1, -0.05) is 37.8 Å². The number of esters is 1. The highest BCUT2D eigenvalue weighted by atomic mass is 16.6. The van der Waals surface area contributed by atoms with Crippen LogP contribution in [0.1, 0.15) is 91.9 Å². The summed E-state index contributed by atoms with van der Waals surface area (Å²) in [7, 11) is 1.71. The van der Waals surface area contributed by atoms with Gasteiger partial charge in [0.2, 0.25) is 5.91 Å². The minimum absolute atomic E-state index is 0.0558. The molecule has 7 nitrogen and oxygen atoms in total. The maximum absolute atomic E-state index is 12.6. The second-order valence-electron chi connectivity index (χ2n) is 10.6. The first-order valence-corrected chi connectivity index (χ1v) is 13.2. The van der Waals surface area contributed by atoms with Crippen LogP contribution in [0.5, 0.6) is 0 Å². The number of nitrogens with one attached hydrogen (secondary N) is 1. The molecule has 1 saturated carbocycles. The predicted octanol–water partition coefficient (Wildman–Crippen LogP) is 4.47. The lowest BCUT2D eigenvalue weighted by molar-refractivity contribution is -0.172. The van der Waals surface area contributed by atoms with Crippen molar-refractivity contribution in [1.82, 2.24) is 5.32 Å². The van der Waals surface area contributed by atoms with Gasteiger partial charge in [0, 0.05) is 26.5 Å². The van der Waals surface area contributed by atoms with E-state index in [0.717, 1.165) is 64.5 Å². The number of carbonyl (C=O) groups is 2. The molecule has 3 aliphatic rings. The van der Waals surface area contributed by atoms with Gasteiger partial charge in [-0.3, -0.25) is 9.59 Å². The van der Waals surface area contributed by atoms with Gasteiger partial charge in [-0.05, 0) is 52.9 Å². The largest absolute Gasteiger partial charge is 0.460 e. The fourth-order valence-corrected chi connectivity index (χ4v) is 5.58. The van der Waals surface area contributed by atoms with Crippen LogP contribution in [0.2, 0.25) is 0 Å². The molecule has 34 heavy (non-hydrogen) atoms. The zero-order valence-electron chi connectivity index (χ0n) is 21.8. The Morgan fingerprint density at radius 1 is 1.15 bits per heavy atom. The van der Waals surface area contributed by atoms with Gasteiger partial charge in [-0.25, -0.2) is 0 Å². The van der Waals surface area contributed by atoms with Crippen LogP contribution in [0.25, 0.3) is 0 Å². The summed E-state index contributed by atoms with van der Waals surface area (Å²) in [5, 5.41) is 2.89. The first kappa shape index (κ1) is 27.2. The smallest absolute Gasteiger partial charge is 0.306 e. The van der Waals surface area contributed by atoms with Crippen molar-refractivity contribution in [2.75, 3.05) is 20.3 Å². The summed E-state index contributed by atoms with van der Waals surface area (Å²) in [5.41, 5.74) is 0.775. The van der Waals surface area contributed by atoms with Gasteiger partial charge in [0.1, 0.15) is 23.4 Å². The molecule has 0 aromatic rings. The standard InChI is InChI=1S/C27H45NO6/c1-6-22(29)28-17-11-9-7-8-10-12-23(30)33-20-15-16-27(18-32-27)25(24(20)31-5)26(4)21(34-26)14-13-19(2)3/h13,20-21,24-25H,6-12,14-18H2,1-5H3,(H,28,29)/t20?,21-,24?,25?,26+,27+/m1/s1. The van der Waals surface area contributed by atoms with Crippen LogP contribution in [0.4, 0.5) is 0 Å². The normalized spacial score (nSPS) is 33.9. The van der Waals surface area contributed by atoms with Gasteiger partial charge in [-0.2, -0.15) is 0 Å². The van der Waals surface area contributed by atoms with Gasteiger partial charge in [0.15, 0.2) is 0 Å². The first-order chi connectivity index (χ1) is 16.3. The minimum atomic E-state index is -0.315. The van der Waals surface area contributed by atoms with E-state index in [-0.39, 0.29) is 47.3 Å². The van der Waals surface area contributed by atoms with Crippen LogP contribution in [0.3, 0.4) is 0 Å². The van der Waals surface area contributed by atoms with Crippen LogP contribution < -0.4 is 5.32 Å². The summed E-state index contributed by atoms with van der Waals surface area (Å²) < 4.78 is 24.1. The van der Waals surface area contributed by atoms with E-state index in [9.17, 15) is 9.59 Å². The van der Waals surface area contributed by atoms with Crippen molar-refractivity contribution in [2.24, 2.45) is 5.92 Å². The molecular formula is C27H45NO6. The molecule has 1 aliphatic carbocycles. The summed E-state index contributed by atoms with van der Waals surface area (Å²) in [4.78, 5) is 23.8. The Hall–Kier alpha value is -1.44. The van der Waals surface area contributed by atoms with E-state index >= 15 is 0 Å². The van der Waals surface area contributed by atoms with E-state index in [4.69, 9.17) is 18.9 Å². The topological polar surface area (TPSA) is 89.7 Å². The Morgan fingerprint density at radius 2 is 1.85 bits per heavy atom. The highest BCUT2D eigenvalue weighted by molar-refractivity contribution is 5.75. The van der Waals surface area contributed by atoms with Gasteiger partial charge in [0.25, 0.3) is 0 Å². The number of allylic oxidation sites excluding steroid dienone is 1. The molecule has 2 aliphatic heterocycles. The lowest BCUT2D eigenvalue weighted by Gasteiger charge is -2.42. The molecule has 1 N–H and O–H groups in total. The van der Waals surface area contributed by atoms with E-state index in [0.29, 0.717) is 12.8 Å². The summed E-state index contributed by atoms with van der Waals surface area (Å²) >= 11 is 0. The Balaban J connectivity index is 1.43. The summed E-state index contributed by atoms with van der Waals surface area (Å²) in [6.45, 7) is 9.69. The minimum Gasteiger partial charge on any atom is -0.460 e. The maximum atomic E-state index is 12.6. The van der Waals surface area contributed by atoms with Crippen molar-refractivity contribution >= 4 is 11.9 Å². The molecule has 2 heterocycles. The number of amides is 1. The second kappa shape index (κ2) is 12.0. The van der Waals surface area contributed by atoms with E-state index in [1.807, 2.05) is 6.92 Å². The Bertz CT molecular complexity index is 729. The highest BCUT2D eigenvalue weighted by Gasteiger charge is 2.72. The van der Waals surface area contributed by atoms with Crippen molar-refractivity contribution < 1.29 is 28.5 Å². The molecule has 3 unspecified atom stereocenters. The van der Waals surface area contributed by atoms with Crippen molar-refractivity contribution in [3.63, 3.8) is 0 Å². The van der Waals surface area contributed by atoms with Gasteiger partial charge in [-0.15, -0.1) is 0 Å². The van der Waals surface area contributed by atoms with E-state index < -0.39 is 0 Å². The SMILES string of the molecule is CCC(=O)NCCCCCCCC(=O)OC1CC[C@]2(CO2)C([C@@]2(C)O[C@@H]2CC=C(C)C)C1OC. The third-order valence-electron chi connectivity index (χ3n) is 7.72. The van der Waals surface area contributed by atoms with Crippen molar-refractivity contribution in [3.05, 3.63) is 11.6 Å². The molecule has 1 amide bonds. The fraction of sp³-hybridized carbons (Fsp3) is 0.852. The zero-order valence-corrected chi connectivity index (χ0v) is 21.8. The van der Waals surface area contributed by atoms with Crippen molar-refractivity contribution in [2.45, 2.75) is 121 Å². The molecule has 1 spiro atoms. The monoisotopic (exact) mass is 479 g/mol. The molecule has 7 heteroatoms. The number of ether oxygens (including phenoxy) is 4. The Kier molecular flexibility index (Phi) is 9.58. The first-order valence-electron chi connectivity index (χ1n) is 13.2. The Morgan fingerprint density at radius 3 is 2.50 bits per heavy atom. The summed E-state index contributed by atoms with van der Waals surface area (Å²) in [6, 6.07) is 0. The summed E-state index contributed by atoms with van der Waals surface area (Å²) in [6.07, 6.45) is 10.3. The number of rotatable bonds is 14. The third kappa shape index (κ3) is 6.82. The lowest BCUT2D eigenvalue weighted by atomic mass is 9.68. The fourth-order valence-electron chi connectivity index (χ4n) is 5.58. The molecule has 6 atom stereocenters. The average Bonchev–Trinajstić information content (AvgIpc) is 3.72. The zero-order chi connectivity index (χ0) is 24.8. The summed E-state index contributed by atoms with van der Waals surface area (Å²) in [5.74, 6) is 0.0174. The van der Waals surface area contributed by atoms with Crippen LogP contribution in [0.15, 0.2) is 11.6 Å². The molecule has 2 saturated heterocycles. The third-order valence-corrected chi connectivity index (χ3v) is 7.72. The predicted molar refractivity (Wildman–Crippen MR) is 130 cm³/mol. The Labute approximate surface area is 205 Å². The molecule has 0 radical (unpaired) electrons.